The van der Waals surface area contributed by atoms with Crippen LogP contribution in [-0.2, 0) is 11.9 Å². The van der Waals surface area contributed by atoms with E-state index in [1.54, 1.807) is 36.0 Å². The first-order chi connectivity index (χ1) is 18.3. The van der Waals surface area contributed by atoms with Crippen LogP contribution in [0.5, 0.6) is 0 Å². The van der Waals surface area contributed by atoms with Gasteiger partial charge in [-0.05, 0) is 54.6 Å². The van der Waals surface area contributed by atoms with Gasteiger partial charge in [-0.1, -0.05) is 17.8 Å². The van der Waals surface area contributed by atoms with Crippen molar-refractivity contribution in [2.75, 3.05) is 5.32 Å². The summed E-state index contributed by atoms with van der Waals surface area (Å²) in [7, 11) is 0. The highest BCUT2D eigenvalue weighted by molar-refractivity contribution is 7.98. The van der Waals surface area contributed by atoms with Crippen LogP contribution in [0.2, 0.25) is 0 Å². The van der Waals surface area contributed by atoms with Crippen LogP contribution in [0.4, 0.5) is 23.2 Å². The van der Waals surface area contributed by atoms with Gasteiger partial charge in [0.1, 0.15) is 16.5 Å². The summed E-state index contributed by atoms with van der Waals surface area (Å²) in [5, 5.41) is 13.6. The number of carbonyl (C=O) groups excluding carboxylic acids is 1. The number of halogens is 4. The molecule has 0 atom stereocenters. The highest BCUT2D eigenvalue weighted by Crippen LogP contribution is 2.34. The number of thiazole rings is 1. The van der Waals surface area contributed by atoms with Crippen LogP contribution in [0.25, 0.3) is 17.1 Å². The molecule has 0 unspecified atom stereocenters. The molecule has 0 bridgehead atoms. The lowest BCUT2D eigenvalue weighted by Crippen LogP contribution is -2.12. The Labute approximate surface area is 221 Å². The van der Waals surface area contributed by atoms with Gasteiger partial charge < -0.3 is 5.32 Å². The molecular weight excluding hydrogens is 540 g/mol. The summed E-state index contributed by atoms with van der Waals surface area (Å²) in [5.41, 5.74) is 0.638. The van der Waals surface area contributed by atoms with Crippen molar-refractivity contribution < 1.29 is 22.4 Å². The molecule has 0 saturated carbocycles. The van der Waals surface area contributed by atoms with Gasteiger partial charge in [0.25, 0.3) is 5.91 Å². The van der Waals surface area contributed by atoms with Crippen molar-refractivity contribution >= 4 is 34.7 Å². The number of nitrogens with one attached hydrogen (secondary N) is 1. The number of hydrogen-bond donors (Lipinski definition) is 1. The predicted octanol–water partition coefficient (Wildman–Crippen LogP) is 6.49. The third-order valence-electron chi connectivity index (χ3n) is 5.20. The van der Waals surface area contributed by atoms with Crippen molar-refractivity contribution in [2.24, 2.45) is 0 Å². The Bertz CT molecular complexity index is 1570. The summed E-state index contributed by atoms with van der Waals surface area (Å²) in [5.74, 6) is -0.243. The summed E-state index contributed by atoms with van der Waals surface area (Å²) >= 11 is 2.47. The van der Waals surface area contributed by atoms with Gasteiger partial charge >= 0.3 is 6.18 Å². The van der Waals surface area contributed by atoms with Gasteiger partial charge in [0, 0.05) is 29.0 Å². The van der Waals surface area contributed by atoms with Crippen LogP contribution in [0, 0.1) is 5.82 Å². The molecule has 3 heterocycles. The van der Waals surface area contributed by atoms with E-state index in [0.29, 0.717) is 33.0 Å². The van der Waals surface area contributed by atoms with Gasteiger partial charge in [-0.25, -0.2) is 9.37 Å². The molecule has 1 N–H and O–H groups in total. The zero-order chi connectivity index (χ0) is 26.7. The number of alkyl halides is 3. The highest BCUT2D eigenvalue weighted by atomic mass is 32.2. The maximum atomic E-state index is 13.4. The number of anilines is 1. The van der Waals surface area contributed by atoms with Gasteiger partial charge in [-0.15, -0.1) is 21.5 Å². The standard InChI is InChI=1S/C25H16F4N6OS2/c26-17-6-8-18(9-7-17)31-23(36)20-13-37-21(32-20)14-38-24-34-33-22(15-3-2-10-30-12-15)35(24)19-5-1-4-16(11-19)25(27,28)29/h1-13H,14H2,(H,31,36). The molecule has 13 heteroatoms. The zero-order valence-corrected chi connectivity index (χ0v) is 20.8. The van der Waals surface area contributed by atoms with Crippen LogP contribution >= 0.6 is 23.1 Å². The lowest BCUT2D eigenvalue weighted by molar-refractivity contribution is -0.137. The van der Waals surface area contributed by atoms with Crippen LogP contribution in [0.1, 0.15) is 21.1 Å². The van der Waals surface area contributed by atoms with Crippen LogP contribution < -0.4 is 5.32 Å². The van der Waals surface area contributed by atoms with E-state index in [4.69, 9.17) is 0 Å². The quantitative estimate of drug-likeness (QED) is 0.182. The number of benzene rings is 2. The van der Waals surface area contributed by atoms with Gasteiger partial charge in [-0.3, -0.25) is 14.3 Å². The minimum absolute atomic E-state index is 0.185. The minimum Gasteiger partial charge on any atom is -0.321 e. The fourth-order valence-electron chi connectivity index (χ4n) is 3.44. The van der Waals surface area contributed by atoms with Crippen molar-refractivity contribution in [1.82, 2.24) is 24.7 Å². The summed E-state index contributed by atoms with van der Waals surface area (Å²) in [4.78, 5) is 20.9. The fraction of sp³-hybridized carbons (Fsp3) is 0.0800. The summed E-state index contributed by atoms with van der Waals surface area (Å²) in [6.45, 7) is 0. The van der Waals surface area contributed by atoms with Crippen molar-refractivity contribution in [2.45, 2.75) is 17.1 Å². The van der Waals surface area contributed by atoms with Gasteiger partial charge in [0.05, 0.1) is 17.0 Å². The average Bonchev–Trinajstić information content (AvgIpc) is 3.56. The lowest BCUT2D eigenvalue weighted by Gasteiger charge is -2.13. The lowest BCUT2D eigenvalue weighted by atomic mass is 10.2. The third-order valence-corrected chi connectivity index (χ3v) is 7.17. The van der Waals surface area contributed by atoms with E-state index in [2.05, 4.69) is 25.5 Å². The molecule has 0 aliphatic heterocycles. The first kappa shape index (κ1) is 25.5. The highest BCUT2D eigenvalue weighted by Gasteiger charge is 2.31. The number of carbonyl (C=O) groups is 1. The van der Waals surface area contributed by atoms with E-state index in [-0.39, 0.29) is 11.4 Å². The number of aromatic nitrogens is 5. The second kappa shape index (κ2) is 10.7. The molecule has 0 aliphatic carbocycles. The van der Waals surface area contributed by atoms with Crippen LogP contribution in [0.15, 0.2) is 83.6 Å². The topological polar surface area (TPSA) is 85.6 Å². The van der Waals surface area contributed by atoms with Crippen molar-refractivity contribution in [3.05, 3.63) is 101 Å². The number of nitrogens with zero attached hydrogens (tertiary/aromatic N) is 5. The molecule has 0 radical (unpaired) electrons. The second-order valence-corrected chi connectivity index (χ2v) is 9.69. The number of thioether (sulfide) groups is 1. The first-order valence-corrected chi connectivity index (χ1v) is 12.8. The Morgan fingerprint density at radius 3 is 2.61 bits per heavy atom. The number of rotatable bonds is 7. The predicted molar refractivity (Wildman–Crippen MR) is 136 cm³/mol. The van der Waals surface area contributed by atoms with E-state index in [9.17, 15) is 22.4 Å². The van der Waals surface area contributed by atoms with E-state index >= 15 is 0 Å². The second-order valence-electron chi connectivity index (χ2n) is 7.81. The van der Waals surface area contributed by atoms with Crippen LogP contribution in [-0.4, -0.2) is 30.6 Å². The zero-order valence-electron chi connectivity index (χ0n) is 19.2. The van der Waals surface area contributed by atoms with E-state index in [0.717, 1.165) is 12.1 Å². The molecule has 192 valence electrons. The smallest absolute Gasteiger partial charge is 0.321 e. The Kier molecular flexibility index (Phi) is 7.20. The monoisotopic (exact) mass is 556 g/mol. The summed E-state index contributed by atoms with van der Waals surface area (Å²) in [6.07, 6.45) is -1.39. The fourth-order valence-corrected chi connectivity index (χ4v) is 5.18. The number of hydrogen-bond acceptors (Lipinski definition) is 7. The molecule has 0 aliphatic rings. The Morgan fingerprint density at radius 2 is 1.87 bits per heavy atom. The Hall–Kier alpha value is -4.10. The Balaban J connectivity index is 1.39. The molecule has 2 aromatic carbocycles. The molecule has 5 rings (SSSR count). The average molecular weight is 557 g/mol. The summed E-state index contributed by atoms with van der Waals surface area (Å²) in [6, 6.07) is 13.7. The third kappa shape index (κ3) is 5.73. The minimum atomic E-state index is -4.52. The van der Waals surface area contributed by atoms with E-state index < -0.39 is 23.5 Å². The summed E-state index contributed by atoms with van der Waals surface area (Å²) < 4.78 is 54.9. The molecule has 38 heavy (non-hydrogen) atoms. The molecule has 0 spiro atoms. The Morgan fingerprint density at radius 1 is 1.05 bits per heavy atom. The van der Waals surface area contributed by atoms with Crippen LogP contribution in [0.3, 0.4) is 0 Å². The molecule has 0 saturated heterocycles. The largest absolute Gasteiger partial charge is 0.416 e. The molecule has 1 amide bonds. The number of pyridine rings is 1. The van der Waals surface area contributed by atoms with Gasteiger partial charge in [0.2, 0.25) is 0 Å². The molecular formula is C25H16F4N6OS2. The first-order valence-electron chi connectivity index (χ1n) is 11.0. The van der Waals surface area contributed by atoms with Gasteiger partial charge in [-0.2, -0.15) is 13.2 Å². The SMILES string of the molecule is O=C(Nc1ccc(F)cc1)c1csc(CSc2nnc(-c3cccnc3)n2-c2cccc(C(F)(F)F)c2)n1. The maximum absolute atomic E-state index is 13.4. The molecule has 5 aromatic rings. The number of amides is 1. The van der Waals surface area contributed by atoms with Crippen molar-refractivity contribution in [3.8, 4) is 17.1 Å². The molecule has 7 nitrogen and oxygen atoms in total. The van der Waals surface area contributed by atoms with E-state index in [1.807, 2.05) is 0 Å². The molecule has 0 fully saturated rings. The van der Waals surface area contributed by atoms with Crippen molar-refractivity contribution in [1.29, 1.82) is 0 Å². The van der Waals surface area contributed by atoms with Gasteiger partial charge in [0.15, 0.2) is 11.0 Å². The van der Waals surface area contributed by atoms with E-state index in [1.165, 1.54) is 58.0 Å². The maximum Gasteiger partial charge on any atom is 0.416 e. The normalized spacial score (nSPS) is 11.5. The van der Waals surface area contributed by atoms with Crippen molar-refractivity contribution in [3.63, 3.8) is 0 Å². The molecule has 3 aromatic heterocycles.